The zero-order valence-corrected chi connectivity index (χ0v) is 24.9. The summed E-state index contributed by atoms with van der Waals surface area (Å²) in [7, 11) is 0. The molecule has 42 heavy (non-hydrogen) atoms. The highest BCUT2D eigenvalue weighted by Crippen LogP contribution is 2.32. The average Bonchev–Trinajstić information content (AvgIpc) is 2.90. The fourth-order valence-electron chi connectivity index (χ4n) is 5.08. The molecule has 0 spiro atoms. The van der Waals surface area contributed by atoms with Gasteiger partial charge in [0.2, 0.25) is 0 Å². The van der Waals surface area contributed by atoms with Crippen molar-refractivity contribution in [2.75, 3.05) is 39.3 Å². The highest BCUT2D eigenvalue weighted by Gasteiger charge is 2.50. The third-order valence-electron chi connectivity index (χ3n) is 7.06. The molecular weight excluding hydrogens is 633 g/mol. The van der Waals surface area contributed by atoms with Gasteiger partial charge in [0.05, 0.1) is 0 Å². The molecule has 0 amide bonds. The lowest BCUT2D eigenvalue weighted by Gasteiger charge is -2.38. The normalized spacial score (nSPS) is 22.2. The van der Waals surface area contributed by atoms with E-state index in [0.29, 0.717) is 60.3 Å². The van der Waals surface area contributed by atoms with Gasteiger partial charge in [-0.1, -0.05) is 23.2 Å². The van der Waals surface area contributed by atoms with Gasteiger partial charge in [-0.3, -0.25) is 9.80 Å². The summed E-state index contributed by atoms with van der Waals surface area (Å²) in [5, 5.41) is 1.03. The number of rotatable bonds is 10. The molecule has 0 N–H and O–H groups in total. The number of ether oxygens (including phenoxy) is 3. The Morgan fingerprint density at radius 1 is 0.667 bits per heavy atom. The van der Waals surface area contributed by atoms with Crippen molar-refractivity contribution in [1.82, 2.24) is 9.80 Å². The largest absolute Gasteiger partial charge is 0.489 e. The number of hydrogen-bond acceptors (Lipinski definition) is 5. The van der Waals surface area contributed by atoms with E-state index in [0.717, 1.165) is 0 Å². The third-order valence-corrected chi connectivity index (χ3v) is 7.57. The van der Waals surface area contributed by atoms with Crippen LogP contribution in [-0.4, -0.2) is 85.8 Å². The second kappa shape index (κ2) is 15.4. The standard InChI is InChI=1S/C28H32Cl2F6N2O3.ClH/c29-19-5-9-21(10-6-19)39-23-3-1-13-37(15-23)17-25(27(31,32)33)41-26(28(34,35)36)18-38-14-2-4-24(16-38)40-22-11-7-20(30)8-12-22;/h5-12,23-26H,1-4,13-18H2;1H/t23-,24-,25-,26-;/m0./s1. The number of hydrogen-bond donors (Lipinski definition) is 0. The fraction of sp³-hybridized carbons (Fsp3) is 0.571. The first kappa shape index (κ1) is 34.9. The monoisotopic (exact) mass is 664 g/mol. The second-order valence-corrected chi connectivity index (χ2v) is 11.3. The minimum Gasteiger partial charge on any atom is -0.489 e. The van der Waals surface area contributed by atoms with Crippen LogP contribution in [0.25, 0.3) is 0 Å². The first-order valence-corrected chi connectivity index (χ1v) is 14.2. The maximum atomic E-state index is 14.0. The van der Waals surface area contributed by atoms with Crippen LogP contribution in [0, 0.1) is 0 Å². The summed E-state index contributed by atoms with van der Waals surface area (Å²) in [5.41, 5.74) is 0. The van der Waals surface area contributed by atoms with Crippen LogP contribution in [0.4, 0.5) is 26.3 Å². The van der Waals surface area contributed by atoms with E-state index in [1.54, 1.807) is 48.5 Å². The number of nitrogens with zero attached hydrogens (tertiary/aromatic N) is 2. The molecule has 0 bridgehead atoms. The van der Waals surface area contributed by atoms with Gasteiger partial charge in [0.1, 0.15) is 23.7 Å². The van der Waals surface area contributed by atoms with Gasteiger partial charge in [-0.15, -0.1) is 12.4 Å². The van der Waals surface area contributed by atoms with Crippen molar-refractivity contribution in [2.45, 2.75) is 62.5 Å². The molecule has 2 fully saturated rings. The van der Waals surface area contributed by atoms with E-state index in [4.69, 9.17) is 37.4 Å². The highest BCUT2D eigenvalue weighted by atomic mass is 35.5. The first-order chi connectivity index (χ1) is 19.3. The Bertz CT molecular complexity index is 1010. The Kier molecular flexibility index (Phi) is 12.8. The van der Waals surface area contributed by atoms with Crippen molar-refractivity contribution in [3.8, 4) is 11.5 Å². The van der Waals surface area contributed by atoms with E-state index in [1.807, 2.05) is 0 Å². The smallest absolute Gasteiger partial charge is 0.415 e. The number of piperidine rings is 2. The third kappa shape index (κ3) is 10.8. The van der Waals surface area contributed by atoms with Crippen LogP contribution in [0.2, 0.25) is 10.0 Å². The van der Waals surface area contributed by atoms with E-state index >= 15 is 0 Å². The van der Waals surface area contributed by atoms with Crippen LogP contribution in [0.5, 0.6) is 11.5 Å². The maximum absolute atomic E-state index is 14.0. The second-order valence-electron chi connectivity index (χ2n) is 10.4. The minimum absolute atomic E-state index is 0. The SMILES string of the molecule is Cl.FC(F)(F)[C@H](CN1CCC[C@H](Oc2ccc(Cl)cc2)C1)O[C@@H](CN1CCC[C@H](Oc2ccc(Cl)cc2)C1)C(F)(F)F. The van der Waals surface area contributed by atoms with E-state index in [9.17, 15) is 26.3 Å². The molecule has 2 aromatic carbocycles. The predicted molar refractivity (Wildman–Crippen MR) is 151 cm³/mol. The lowest BCUT2D eigenvalue weighted by Crippen LogP contribution is -2.54. The molecule has 2 aliphatic rings. The van der Waals surface area contributed by atoms with E-state index in [1.165, 1.54) is 9.80 Å². The Morgan fingerprint density at radius 2 is 1.02 bits per heavy atom. The quantitative estimate of drug-likeness (QED) is 0.243. The molecule has 2 saturated heterocycles. The summed E-state index contributed by atoms with van der Waals surface area (Å²) in [6.07, 6.45) is -13.8. The molecule has 2 aromatic rings. The lowest BCUT2D eigenvalue weighted by molar-refractivity contribution is -0.291. The minimum atomic E-state index is -4.99. The van der Waals surface area contributed by atoms with E-state index in [-0.39, 0.29) is 25.5 Å². The van der Waals surface area contributed by atoms with Crippen LogP contribution in [0.15, 0.2) is 48.5 Å². The Hall–Kier alpha value is -1.63. The summed E-state index contributed by atoms with van der Waals surface area (Å²) in [6.45, 7) is -0.597. The Morgan fingerprint density at radius 3 is 1.36 bits per heavy atom. The summed E-state index contributed by atoms with van der Waals surface area (Å²) >= 11 is 11.8. The van der Waals surface area contributed by atoms with Gasteiger partial charge in [0.25, 0.3) is 0 Å². The zero-order valence-electron chi connectivity index (χ0n) is 22.6. The summed E-state index contributed by atoms with van der Waals surface area (Å²) in [4.78, 5) is 2.90. The lowest BCUT2D eigenvalue weighted by atomic mass is 10.1. The van der Waals surface area contributed by atoms with Crippen LogP contribution in [0.3, 0.4) is 0 Å². The maximum Gasteiger partial charge on any atom is 0.415 e. The van der Waals surface area contributed by atoms with Gasteiger partial charge in [0.15, 0.2) is 12.2 Å². The van der Waals surface area contributed by atoms with Crippen molar-refractivity contribution in [3.63, 3.8) is 0 Å². The van der Waals surface area contributed by atoms with Crippen molar-refractivity contribution >= 4 is 35.6 Å². The van der Waals surface area contributed by atoms with Crippen LogP contribution >= 0.6 is 35.6 Å². The molecular formula is C28H33Cl3F6N2O3. The van der Waals surface area contributed by atoms with Crippen molar-refractivity contribution in [1.29, 1.82) is 0 Å². The van der Waals surface area contributed by atoms with Crippen molar-refractivity contribution in [3.05, 3.63) is 58.6 Å². The number of halogens is 9. The van der Waals surface area contributed by atoms with Gasteiger partial charge in [-0.25, -0.2) is 0 Å². The van der Waals surface area contributed by atoms with Gasteiger partial charge in [-0.05, 0) is 87.3 Å². The number of benzene rings is 2. The summed E-state index contributed by atoms with van der Waals surface area (Å²) in [6, 6.07) is 13.2. The molecule has 0 aliphatic carbocycles. The van der Waals surface area contributed by atoms with E-state index < -0.39 is 49.9 Å². The molecule has 0 aromatic heterocycles. The summed E-state index contributed by atoms with van der Waals surface area (Å²) in [5.74, 6) is 1.03. The Balaban J connectivity index is 0.00000484. The van der Waals surface area contributed by atoms with Crippen LogP contribution < -0.4 is 9.47 Å². The molecule has 0 unspecified atom stereocenters. The highest BCUT2D eigenvalue weighted by molar-refractivity contribution is 6.30. The van der Waals surface area contributed by atoms with Crippen LogP contribution in [-0.2, 0) is 4.74 Å². The van der Waals surface area contributed by atoms with E-state index in [2.05, 4.69) is 0 Å². The molecule has 2 aliphatic heterocycles. The molecule has 14 heteroatoms. The fourth-order valence-corrected chi connectivity index (χ4v) is 5.33. The van der Waals surface area contributed by atoms with Crippen molar-refractivity contribution in [2.24, 2.45) is 0 Å². The Labute approximate surface area is 257 Å². The molecule has 0 saturated carbocycles. The number of likely N-dealkylation sites (tertiary alicyclic amines) is 2. The van der Waals surface area contributed by atoms with Gasteiger partial charge < -0.3 is 14.2 Å². The van der Waals surface area contributed by atoms with Gasteiger partial charge in [0, 0.05) is 36.2 Å². The molecule has 236 valence electrons. The summed E-state index contributed by atoms with van der Waals surface area (Å²) < 4.78 is 101. The molecule has 4 rings (SSSR count). The topological polar surface area (TPSA) is 34.2 Å². The molecule has 2 heterocycles. The molecule has 5 nitrogen and oxygen atoms in total. The molecule has 4 atom stereocenters. The van der Waals surface area contributed by atoms with Gasteiger partial charge in [-0.2, -0.15) is 26.3 Å². The van der Waals surface area contributed by atoms with Gasteiger partial charge >= 0.3 is 12.4 Å². The average molecular weight is 666 g/mol. The predicted octanol–water partition coefficient (Wildman–Crippen LogP) is 7.68. The molecule has 0 radical (unpaired) electrons. The van der Waals surface area contributed by atoms with Crippen LogP contribution in [0.1, 0.15) is 25.7 Å². The number of alkyl halides is 6. The first-order valence-electron chi connectivity index (χ1n) is 13.4. The zero-order chi connectivity index (χ0) is 29.6. The van der Waals surface area contributed by atoms with Crippen molar-refractivity contribution < 1.29 is 40.6 Å².